The van der Waals surface area contributed by atoms with Crippen molar-refractivity contribution in [2.75, 3.05) is 35.6 Å². The third kappa shape index (κ3) is 5.74. The molecule has 3 aromatic carbocycles. The van der Waals surface area contributed by atoms with Crippen LogP contribution in [0.25, 0.3) is 33.2 Å². The number of nitrogen functional groups attached to an aromatic ring is 1. The van der Waals surface area contributed by atoms with E-state index in [1.165, 1.54) is 32.1 Å². The van der Waals surface area contributed by atoms with Crippen LogP contribution >= 0.6 is 0 Å². The van der Waals surface area contributed by atoms with Crippen molar-refractivity contribution in [1.82, 2.24) is 9.97 Å². The number of benzene rings is 3. The molecule has 1 aliphatic rings. The molecule has 0 unspecified atom stereocenters. The number of methoxy groups -OCH3 is 1. The van der Waals surface area contributed by atoms with Gasteiger partial charge in [-0.1, -0.05) is 12.1 Å². The fourth-order valence-electron chi connectivity index (χ4n) is 5.62. The number of hydrogen-bond donors (Lipinski definition) is 2. The van der Waals surface area contributed by atoms with E-state index in [9.17, 15) is 17.2 Å². The first-order valence-corrected chi connectivity index (χ1v) is 15.7. The summed E-state index contributed by atoms with van der Waals surface area (Å²) in [7, 11) is -3.08. The van der Waals surface area contributed by atoms with E-state index < -0.39 is 26.6 Å². The number of fused-ring (bicyclic) bond motifs is 1. The van der Waals surface area contributed by atoms with Crippen LogP contribution in [0.4, 0.5) is 26.0 Å². The SMILES string of the molecule is COc1ncc(-c2ccc3nc(N)c(-c4ccc(N5CCCCC5)cc4C)cc3c2)cc1NS(=O)(=O)c1ccc(F)cc1F. The third-order valence-corrected chi connectivity index (χ3v) is 9.27. The number of rotatable bonds is 7. The minimum Gasteiger partial charge on any atom is -0.480 e. The average Bonchev–Trinajstić information content (AvgIpc) is 3.00. The molecule has 1 aliphatic heterocycles. The fraction of sp³-hybridized carbons (Fsp3) is 0.212. The zero-order valence-corrected chi connectivity index (χ0v) is 25.1. The van der Waals surface area contributed by atoms with Crippen LogP contribution in [0.2, 0.25) is 0 Å². The van der Waals surface area contributed by atoms with Crippen molar-refractivity contribution < 1.29 is 21.9 Å². The Labute approximate surface area is 254 Å². The highest BCUT2D eigenvalue weighted by Gasteiger charge is 2.22. The van der Waals surface area contributed by atoms with E-state index in [-0.39, 0.29) is 11.6 Å². The number of piperidine rings is 1. The Morgan fingerprint density at radius 1 is 0.909 bits per heavy atom. The van der Waals surface area contributed by atoms with Gasteiger partial charge >= 0.3 is 0 Å². The Balaban J connectivity index is 1.35. The lowest BCUT2D eigenvalue weighted by atomic mass is 9.97. The van der Waals surface area contributed by atoms with E-state index in [4.69, 9.17) is 10.5 Å². The number of nitrogens with two attached hydrogens (primary N) is 1. The number of sulfonamides is 1. The van der Waals surface area contributed by atoms with Crippen molar-refractivity contribution in [1.29, 1.82) is 0 Å². The number of ether oxygens (including phenoxy) is 1. The van der Waals surface area contributed by atoms with Gasteiger partial charge in [0.15, 0.2) is 0 Å². The van der Waals surface area contributed by atoms with Crippen molar-refractivity contribution in [3.05, 3.63) is 90.1 Å². The molecule has 1 fully saturated rings. The van der Waals surface area contributed by atoms with Crippen molar-refractivity contribution in [2.24, 2.45) is 0 Å². The van der Waals surface area contributed by atoms with Crippen molar-refractivity contribution in [3.8, 4) is 28.1 Å². The van der Waals surface area contributed by atoms with Crippen molar-refractivity contribution in [3.63, 3.8) is 0 Å². The van der Waals surface area contributed by atoms with Gasteiger partial charge in [-0.15, -0.1) is 0 Å². The summed E-state index contributed by atoms with van der Waals surface area (Å²) in [5.41, 5.74) is 12.6. The molecule has 11 heteroatoms. The molecule has 3 heterocycles. The highest BCUT2D eigenvalue weighted by Crippen LogP contribution is 2.36. The standard InChI is InChI=1S/C33H31F2N5O3S/c1-20-14-25(40-12-4-3-5-13-40)8-9-26(20)27-16-22-15-21(6-10-29(22)38-32(27)36)23-17-30(33(43-2)37-19-23)39-44(41,42)31-11-7-24(34)18-28(31)35/h6-11,14-19,39H,3-5,12-13H2,1-2H3,(H2,36,38). The summed E-state index contributed by atoms with van der Waals surface area (Å²) in [6.07, 6.45) is 5.23. The molecule has 0 spiro atoms. The molecule has 1 saturated heterocycles. The first-order chi connectivity index (χ1) is 21.1. The first-order valence-electron chi connectivity index (χ1n) is 14.2. The number of nitrogens with zero attached hydrogens (tertiary/aromatic N) is 3. The van der Waals surface area contributed by atoms with Gasteiger partial charge in [-0.3, -0.25) is 4.72 Å². The Morgan fingerprint density at radius 2 is 1.70 bits per heavy atom. The van der Waals surface area contributed by atoms with Gasteiger partial charge in [0.05, 0.1) is 12.6 Å². The second-order valence-electron chi connectivity index (χ2n) is 10.8. The van der Waals surface area contributed by atoms with E-state index in [0.29, 0.717) is 23.0 Å². The van der Waals surface area contributed by atoms with E-state index in [2.05, 4.69) is 44.7 Å². The molecule has 3 N–H and O–H groups in total. The quantitative estimate of drug-likeness (QED) is 0.204. The van der Waals surface area contributed by atoms with E-state index in [1.54, 1.807) is 12.3 Å². The van der Waals surface area contributed by atoms with Gasteiger partial charge < -0.3 is 15.4 Å². The Hall–Kier alpha value is -4.77. The lowest BCUT2D eigenvalue weighted by molar-refractivity contribution is 0.400. The van der Waals surface area contributed by atoms with Gasteiger partial charge in [-0.25, -0.2) is 27.2 Å². The highest BCUT2D eigenvalue weighted by atomic mass is 32.2. The van der Waals surface area contributed by atoms with Crippen LogP contribution in [-0.2, 0) is 10.0 Å². The maximum Gasteiger partial charge on any atom is 0.264 e. The van der Waals surface area contributed by atoms with Gasteiger partial charge in [0.25, 0.3) is 10.0 Å². The molecule has 226 valence electrons. The number of halogens is 2. The van der Waals surface area contributed by atoms with Gasteiger partial charge in [0.2, 0.25) is 5.88 Å². The summed E-state index contributed by atoms with van der Waals surface area (Å²) in [6, 6.07) is 17.8. The summed E-state index contributed by atoms with van der Waals surface area (Å²) in [6.45, 7) is 4.20. The van der Waals surface area contributed by atoms with E-state index in [0.717, 1.165) is 52.9 Å². The van der Waals surface area contributed by atoms with E-state index in [1.807, 2.05) is 24.3 Å². The highest BCUT2D eigenvalue weighted by molar-refractivity contribution is 7.92. The summed E-state index contributed by atoms with van der Waals surface area (Å²) >= 11 is 0. The molecule has 0 radical (unpaired) electrons. The molecule has 6 rings (SSSR count). The van der Waals surface area contributed by atoms with Crippen molar-refractivity contribution in [2.45, 2.75) is 31.1 Å². The van der Waals surface area contributed by atoms with Crippen LogP contribution in [0, 0.1) is 18.6 Å². The fourth-order valence-corrected chi connectivity index (χ4v) is 6.73. The molecule has 0 bridgehead atoms. The second kappa shape index (κ2) is 11.7. The van der Waals surface area contributed by atoms with Crippen molar-refractivity contribution >= 4 is 38.1 Å². The molecule has 5 aromatic rings. The summed E-state index contributed by atoms with van der Waals surface area (Å²) < 4.78 is 61.3. The Bertz CT molecular complexity index is 2000. The Morgan fingerprint density at radius 3 is 2.43 bits per heavy atom. The van der Waals surface area contributed by atoms with E-state index >= 15 is 0 Å². The van der Waals surface area contributed by atoms with Crippen LogP contribution in [-0.4, -0.2) is 38.6 Å². The van der Waals surface area contributed by atoms with Crippen LogP contribution in [0.3, 0.4) is 0 Å². The van der Waals surface area contributed by atoms with Gasteiger partial charge in [0.1, 0.15) is 28.0 Å². The van der Waals surface area contributed by atoms with Crippen LogP contribution in [0.15, 0.2) is 77.8 Å². The number of aryl methyl sites for hydroxylation is 1. The number of pyridine rings is 2. The minimum absolute atomic E-state index is 0.00522. The van der Waals surface area contributed by atoms with Crippen LogP contribution in [0.5, 0.6) is 5.88 Å². The number of hydrogen-bond acceptors (Lipinski definition) is 7. The van der Waals surface area contributed by atoms with Gasteiger partial charge in [0, 0.05) is 47.6 Å². The summed E-state index contributed by atoms with van der Waals surface area (Å²) in [4.78, 5) is 10.6. The third-order valence-electron chi connectivity index (χ3n) is 7.87. The number of anilines is 3. The molecular weight excluding hydrogens is 584 g/mol. The average molecular weight is 616 g/mol. The molecule has 0 amide bonds. The van der Waals surface area contributed by atoms with Crippen LogP contribution < -0.4 is 20.1 Å². The molecule has 0 atom stereocenters. The predicted molar refractivity (Wildman–Crippen MR) is 169 cm³/mol. The normalized spacial score (nSPS) is 13.7. The van der Waals surface area contributed by atoms with Crippen LogP contribution in [0.1, 0.15) is 24.8 Å². The monoisotopic (exact) mass is 615 g/mol. The maximum atomic E-state index is 14.3. The largest absolute Gasteiger partial charge is 0.480 e. The minimum atomic E-state index is -4.42. The molecule has 0 saturated carbocycles. The molecule has 0 aliphatic carbocycles. The predicted octanol–water partition coefficient (Wildman–Crippen LogP) is 6.93. The first kappa shape index (κ1) is 29.3. The zero-order valence-electron chi connectivity index (χ0n) is 24.3. The molecule has 44 heavy (non-hydrogen) atoms. The molecule has 8 nitrogen and oxygen atoms in total. The maximum absolute atomic E-state index is 14.3. The molecule has 2 aromatic heterocycles. The summed E-state index contributed by atoms with van der Waals surface area (Å²) in [5, 5.41) is 0.831. The smallest absolute Gasteiger partial charge is 0.264 e. The summed E-state index contributed by atoms with van der Waals surface area (Å²) in [5.74, 6) is -1.69. The zero-order chi connectivity index (χ0) is 31.0. The molecular formula is C33H31F2N5O3S. The number of nitrogens with one attached hydrogen (secondary N) is 1. The Kier molecular flexibility index (Phi) is 7.81. The van der Waals surface area contributed by atoms with Gasteiger partial charge in [-0.05, 0) is 91.4 Å². The number of aromatic nitrogens is 2. The topological polar surface area (TPSA) is 110 Å². The lowest BCUT2D eigenvalue weighted by Gasteiger charge is -2.29. The van der Waals surface area contributed by atoms with Gasteiger partial charge in [-0.2, -0.15) is 0 Å². The second-order valence-corrected chi connectivity index (χ2v) is 12.5. The lowest BCUT2D eigenvalue weighted by Crippen LogP contribution is -2.29.